The molecule has 4 aromatic rings. The minimum Gasteiger partial charge on any atom is -0.497 e. The second kappa shape index (κ2) is 8.38. The molecule has 1 heterocycles. The van der Waals surface area contributed by atoms with Gasteiger partial charge in [-0.05, 0) is 47.5 Å². The smallest absolute Gasteiger partial charge is 0.132 e. The van der Waals surface area contributed by atoms with Gasteiger partial charge in [0.25, 0.3) is 0 Å². The standard InChI is InChI=1S/C31H26O5/c1-32-19-13-15-21(27(17-19)34-3)29-30(22-16-14-20(33-2)18-28(22)35-4)31(29)23-9-5-7-11-25(23)36-26-12-8-6-10-24(26)31/h5-18H,1-4H3. The fourth-order valence-corrected chi connectivity index (χ4v) is 5.50. The van der Waals surface area contributed by atoms with E-state index >= 15 is 0 Å². The maximum Gasteiger partial charge on any atom is 0.132 e. The Morgan fingerprint density at radius 2 is 0.972 bits per heavy atom. The van der Waals surface area contributed by atoms with Crippen molar-refractivity contribution in [2.24, 2.45) is 0 Å². The van der Waals surface area contributed by atoms with Crippen LogP contribution in [0, 0.1) is 0 Å². The van der Waals surface area contributed by atoms with Crippen molar-refractivity contribution in [3.05, 3.63) is 107 Å². The number of rotatable bonds is 6. The first-order chi connectivity index (χ1) is 17.7. The van der Waals surface area contributed by atoms with E-state index in [0.29, 0.717) is 0 Å². The van der Waals surface area contributed by atoms with Gasteiger partial charge in [0.2, 0.25) is 0 Å². The first-order valence-electron chi connectivity index (χ1n) is 11.7. The van der Waals surface area contributed by atoms with Crippen molar-refractivity contribution in [3.63, 3.8) is 0 Å². The summed E-state index contributed by atoms with van der Waals surface area (Å²) in [5.74, 6) is 4.64. The summed E-state index contributed by atoms with van der Waals surface area (Å²) in [7, 11) is 6.69. The van der Waals surface area contributed by atoms with E-state index in [1.807, 2.05) is 48.5 Å². The molecule has 0 unspecified atom stereocenters. The molecule has 0 saturated carbocycles. The minimum absolute atomic E-state index is 0.533. The van der Waals surface area contributed by atoms with Crippen molar-refractivity contribution >= 4 is 11.1 Å². The fourth-order valence-electron chi connectivity index (χ4n) is 5.50. The summed E-state index contributed by atoms with van der Waals surface area (Å²) in [6.07, 6.45) is 0. The SMILES string of the molecule is COc1ccc(C2=C(c3ccc(OC)cc3OC)C23c2ccccc2Oc2ccccc23)c(OC)c1. The lowest BCUT2D eigenvalue weighted by atomic mass is 9.76. The molecule has 6 rings (SSSR count). The van der Waals surface area contributed by atoms with Crippen molar-refractivity contribution in [2.45, 2.75) is 5.41 Å². The third kappa shape index (κ3) is 3.02. The number of allylic oxidation sites excluding steroid dienone is 2. The predicted octanol–water partition coefficient (Wildman–Crippen LogP) is 6.74. The molecule has 0 atom stereocenters. The summed E-state index contributed by atoms with van der Waals surface area (Å²) >= 11 is 0. The second-order valence-electron chi connectivity index (χ2n) is 8.73. The molecule has 0 saturated heterocycles. The summed E-state index contributed by atoms with van der Waals surface area (Å²) in [5.41, 5.74) is 5.93. The van der Waals surface area contributed by atoms with Gasteiger partial charge in [-0.25, -0.2) is 0 Å². The summed E-state index contributed by atoms with van der Waals surface area (Å²) in [6, 6.07) is 28.4. The van der Waals surface area contributed by atoms with Crippen LogP contribution >= 0.6 is 0 Å². The van der Waals surface area contributed by atoms with Gasteiger partial charge < -0.3 is 23.7 Å². The Kier molecular flexibility index (Phi) is 5.15. The van der Waals surface area contributed by atoms with Gasteiger partial charge in [-0.3, -0.25) is 0 Å². The zero-order valence-corrected chi connectivity index (χ0v) is 20.6. The molecule has 1 aliphatic carbocycles. The van der Waals surface area contributed by atoms with Gasteiger partial charge in [-0.2, -0.15) is 0 Å². The Morgan fingerprint density at radius 1 is 0.528 bits per heavy atom. The zero-order valence-electron chi connectivity index (χ0n) is 20.6. The van der Waals surface area contributed by atoms with Crippen LogP contribution in [0.2, 0.25) is 0 Å². The van der Waals surface area contributed by atoms with Crippen molar-refractivity contribution < 1.29 is 23.7 Å². The number of hydrogen-bond donors (Lipinski definition) is 0. The molecule has 180 valence electrons. The molecule has 5 nitrogen and oxygen atoms in total. The molecule has 36 heavy (non-hydrogen) atoms. The quantitative estimate of drug-likeness (QED) is 0.307. The van der Waals surface area contributed by atoms with Crippen LogP contribution in [0.25, 0.3) is 11.1 Å². The largest absolute Gasteiger partial charge is 0.497 e. The van der Waals surface area contributed by atoms with E-state index < -0.39 is 5.41 Å². The lowest BCUT2D eigenvalue weighted by Gasteiger charge is -2.31. The number of hydrogen-bond acceptors (Lipinski definition) is 5. The topological polar surface area (TPSA) is 46.2 Å². The van der Waals surface area contributed by atoms with Gasteiger partial charge in [0, 0.05) is 34.4 Å². The first kappa shape index (κ1) is 22.1. The normalized spacial score (nSPS) is 14.4. The van der Waals surface area contributed by atoms with Crippen molar-refractivity contribution in [1.82, 2.24) is 0 Å². The predicted molar refractivity (Wildman–Crippen MR) is 140 cm³/mol. The molecule has 1 aliphatic heterocycles. The molecular formula is C31H26O5. The Morgan fingerprint density at radius 3 is 1.39 bits per heavy atom. The van der Waals surface area contributed by atoms with Gasteiger partial charge in [-0.1, -0.05) is 36.4 Å². The number of benzene rings is 4. The lowest BCUT2D eigenvalue weighted by Crippen LogP contribution is -2.21. The van der Waals surface area contributed by atoms with E-state index in [2.05, 4.69) is 36.4 Å². The van der Waals surface area contributed by atoms with E-state index in [4.69, 9.17) is 23.7 Å². The molecule has 0 amide bonds. The average Bonchev–Trinajstić information content (AvgIpc) is 3.61. The average molecular weight is 479 g/mol. The highest BCUT2D eigenvalue weighted by molar-refractivity contribution is 6.24. The van der Waals surface area contributed by atoms with E-state index in [9.17, 15) is 0 Å². The minimum atomic E-state index is -0.533. The molecule has 0 N–H and O–H groups in total. The monoisotopic (exact) mass is 478 g/mol. The van der Waals surface area contributed by atoms with Crippen LogP contribution < -0.4 is 23.7 Å². The summed E-state index contributed by atoms with van der Waals surface area (Å²) in [4.78, 5) is 0. The molecule has 4 aromatic carbocycles. The van der Waals surface area contributed by atoms with Crippen LogP contribution in [0.3, 0.4) is 0 Å². The second-order valence-corrected chi connectivity index (χ2v) is 8.73. The van der Waals surface area contributed by atoms with Crippen molar-refractivity contribution in [2.75, 3.05) is 28.4 Å². The lowest BCUT2D eigenvalue weighted by molar-refractivity contribution is 0.393. The van der Waals surface area contributed by atoms with Crippen LogP contribution in [0.1, 0.15) is 22.3 Å². The van der Waals surface area contributed by atoms with Crippen LogP contribution in [-0.4, -0.2) is 28.4 Å². The van der Waals surface area contributed by atoms with E-state index in [1.54, 1.807) is 28.4 Å². The fraction of sp³-hybridized carbons (Fsp3) is 0.161. The highest BCUT2D eigenvalue weighted by Crippen LogP contribution is 2.73. The first-order valence-corrected chi connectivity index (χ1v) is 11.7. The Hall–Kier alpha value is -4.38. The molecular weight excluding hydrogens is 452 g/mol. The Labute approximate surface area is 210 Å². The molecule has 0 radical (unpaired) electrons. The van der Waals surface area contributed by atoms with Gasteiger partial charge in [-0.15, -0.1) is 0 Å². The molecule has 2 aliphatic rings. The third-order valence-corrected chi connectivity index (χ3v) is 7.10. The molecule has 0 fully saturated rings. The van der Waals surface area contributed by atoms with Crippen molar-refractivity contribution in [1.29, 1.82) is 0 Å². The van der Waals surface area contributed by atoms with Crippen LogP contribution in [0.4, 0.5) is 0 Å². The number of para-hydroxylation sites is 2. The summed E-state index contributed by atoms with van der Waals surface area (Å²) in [6.45, 7) is 0. The molecule has 0 aromatic heterocycles. The summed E-state index contributed by atoms with van der Waals surface area (Å²) < 4.78 is 29.1. The van der Waals surface area contributed by atoms with Gasteiger partial charge in [0.05, 0.1) is 33.9 Å². The van der Waals surface area contributed by atoms with E-state index in [1.165, 1.54) is 0 Å². The summed E-state index contributed by atoms with van der Waals surface area (Å²) in [5, 5.41) is 0. The van der Waals surface area contributed by atoms with Crippen LogP contribution in [0.5, 0.6) is 34.5 Å². The molecule has 0 bridgehead atoms. The number of methoxy groups -OCH3 is 4. The highest BCUT2D eigenvalue weighted by Gasteiger charge is 2.61. The number of fused-ring (bicyclic) bond motifs is 4. The number of ether oxygens (including phenoxy) is 5. The van der Waals surface area contributed by atoms with E-state index in [-0.39, 0.29) is 0 Å². The Bertz CT molecular complexity index is 1400. The van der Waals surface area contributed by atoms with Gasteiger partial charge >= 0.3 is 0 Å². The van der Waals surface area contributed by atoms with Crippen LogP contribution in [0.15, 0.2) is 84.9 Å². The van der Waals surface area contributed by atoms with Crippen LogP contribution in [-0.2, 0) is 5.41 Å². The van der Waals surface area contributed by atoms with Crippen molar-refractivity contribution in [3.8, 4) is 34.5 Å². The zero-order chi connectivity index (χ0) is 24.9. The van der Waals surface area contributed by atoms with Gasteiger partial charge in [0.15, 0.2) is 0 Å². The Balaban J connectivity index is 1.69. The third-order valence-electron chi connectivity index (χ3n) is 7.10. The highest BCUT2D eigenvalue weighted by atomic mass is 16.5. The molecule has 1 spiro atoms. The van der Waals surface area contributed by atoms with E-state index in [0.717, 1.165) is 67.9 Å². The maximum absolute atomic E-state index is 6.38. The van der Waals surface area contributed by atoms with Gasteiger partial charge in [0.1, 0.15) is 34.5 Å². The molecule has 5 heteroatoms. The maximum atomic E-state index is 6.38.